The van der Waals surface area contributed by atoms with E-state index in [0.717, 1.165) is 25.1 Å². The van der Waals surface area contributed by atoms with Crippen molar-refractivity contribution in [1.29, 1.82) is 0 Å². The van der Waals surface area contributed by atoms with Gasteiger partial charge in [-0.25, -0.2) is 0 Å². The molecule has 100 valence electrons. The number of aryl methyl sites for hydroxylation is 2. The average molecular weight is 247 g/mol. The SMILES string of the molecule is Cc1cccc(C)c1OC1(CNC(C)(C)C)CC1. The molecule has 0 saturated heterocycles. The molecule has 0 aromatic heterocycles. The lowest BCUT2D eigenvalue weighted by molar-refractivity contribution is 0.161. The summed E-state index contributed by atoms with van der Waals surface area (Å²) in [5.41, 5.74) is 2.65. The Balaban J connectivity index is 2.05. The van der Waals surface area contributed by atoms with Crippen LogP contribution in [0, 0.1) is 13.8 Å². The molecule has 1 fully saturated rings. The first-order valence-electron chi connectivity index (χ1n) is 6.82. The Bertz CT molecular complexity index is 407. The number of hydrogen-bond acceptors (Lipinski definition) is 2. The molecular weight excluding hydrogens is 222 g/mol. The third-order valence-corrected chi connectivity index (χ3v) is 3.48. The van der Waals surface area contributed by atoms with Crippen molar-refractivity contribution in [2.24, 2.45) is 0 Å². The molecule has 2 heteroatoms. The summed E-state index contributed by atoms with van der Waals surface area (Å²) in [4.78, 5) is 0. The first-order chi connectivity index (χ1) is 8.31. The molecule has 0 aliphatic heterocycles. The van der Waals surface area contributed by atoms with Crippen molar-refractivity contribution < 1.29 is 4.74 Å². The van der Waals surface area contributed by atoms with E-state index in [9.17, 15) is 0 Å². The molecule has 0 unspecified atom stereocenters. The van der Waals surface area contributed by atoms with Crippen molar-refractivity contribution in [1.82, 2.24) is 5.32 Å². The topological polar surface area (TPSA) is 21.3 Å². The molecular formula is C16H25NO. The second-order valence-corrected chi connectivity index (χ2v) is 6.61. The van der Waals surface area contributed by atoms with E-state index in [1.807, 2.05) is 0 Å². The fourth-order valence-electron chi connectivity index (χ4n) is 2.06. The smallest absolute Gasteiger partial charge is 0.126 e. The highest BCUT2D eigenvalue weighted by atomic mass is 16.5. The summed E-state index contributed by atoms with van der Waals surface area (Å²) in [6, 6.07) is 6.33. The molecule has 1 aromatic carbocycles. The number of rotatable bonds is 4. The minimum Gasteiger partial charge on any atom is -0.485 e. The van der Waals surface area contributed by atoms with Gasteiger partial charge in [0.25, 0.3) is 0 Å². The summed E-state index contributed by atoms with van der Waals surface area (Å²) < 4.78 is 6.31. The molecule has 0 atom stereocenters. The molecule has 1 saturated carbocycles. The normalized spacial score (nSPS) is 17.6. The Morgan fingerprint density at radius 2 is 1.72 bits per heavy atom. The average Bonchev–Trinajstić information content (AvgIpc) is 3.01. The highest BCUT2D eigenvalue weighted by Gasteiger charge is 2.46. The molecule has 1 aliphatic rings. The number of nitrogens with one attached hydrogen (secondary N) is 1. The van der Waals surface area contributed by atoms with Crippen LogP contribution in [-0.4, -0.2) is 17.7 Å². The quantitative estimate of drug-likeness (QED) is 0.877. The second kappa shape index (κ2) is 4.58. The summed E-state index contributed by atoms with van der Waals surface area (Å²) >= 11 is 0. The van der Waals surface area contributed by atoms with Gasteiger partial charge in [-0.05, 0) is 58.6 Å². The van der Waals surface area contributed by atoms with Crippen molar-refractivity contribution in [2.45, 2.75) is 58.6 Å². The molecule has 18 heavy (non-hydrogen) atoms. The summed E-state index contributed by atoms with van der Waals surface area (Å²) in [6.45, 7) is 11.8. The molecule has 0 radical (unpaired) electrons. The Labute approximate surface area is 111 Å². The van der Waals surface area contributed by atoms with E-state index in [-0.39, 0.29) is 11.1 Å². The van der Waals surface area contributed by atoms with Crippen LogP contribution in [0.5, 0.6) is 5.75 Å². The van der Waals surface area contributed by atoms with E-state index >= 15 is 0 Å². The first kappa shape index (κ1) is 13.4. The zero-order valence-corrected chi connectivity index (χ0v) is 12.3. The van der Waals surface area contributed by atoms with Crippen molar-refractivity contribution in [3.63, 3.8) is 0 Å². The molecule has 1 N–H and O–H groups in total. The van der Waals surface area contributed by atoms with Crippen molar-refractivity contribution in [3.8, 4) is 5.75 Å². The molecule has 0 spiro atoms. The highest BCUT2D eigenvalue weighted by molar-refractivity contribution is 5.40. The lowest BCUT2D eigenvalue weighted by Gasteiger charge is -2.27. The van der Waals surface area contributed by atoms with Crippen molar-refractivity contribution in [3.05, 3.63) is 29.3 Å². The lowest BCUT2D eigenvalue weighted by Crippen LogP contribution is -2.43. The maximum atomic E-state index is 6.31. The first-order valence-corrected chi connectivity index (χ1v) is 6.82. The van der Waals surface area contributed by atoms with Gasteiger partial charge in [0.2, 0.25) is 0 Å². The highest BCUT2D eigenvalue weighted by Crippen LogP contribution is 2.41. The largest absolute Gasteiger partial charge is 0.485 e. The number of hydrogen-bond donors (Lipinski definition) is 1. The van der Waals surface area contributed by atoms with Gasteiger partial charge in [0.15, 0.2) is 0 Å². The Morgan fingerprint density at radius 1 is 1.17 bits per heavy atom. The van der Waals surface area contributed by atoms with Crippen LogP contribution in [0.1, 0.15) is 44.7 Å². The van der Waals surface area contributed by atoms with Crippen LogP contribution in [0.15, 0.2) is 18.2 Å². The van der Waals surface area contributed by atoms with Gasteiger partial charge < -0.3 is 10.1 Å². The summed E-state index contributed by atoms with van der Waals surface area (Å²) in [7, 11) is 0. The maximum absolute atomic E-state index is 6.31. The molecule has 0 heterocycles. The van der Waals surface area contributed by atoms with Crippen molar-refractivity contribution in [2.75, 3.05) is 6.54 Å². The minimum atomic E-state index is 0.0319. The fraction of sp³-hybridized carbons (Fsp3) is 0.625. The molecule has 0 bridgehead atoms. The van der Waals surface area contributed by atoms with Crippen LogP contribution in [0.3, 0.4) is 0 Å². The zero-order chi connectivity index (χ0) is 13.4. The van der Waals surface area contributed by atoms with Crippen LogP contribution in [0.4, 0.5) is 0 Å². The standard InChI is InChI=1S/C16H25NO/c1-12-7-6-8-13(2)14(12)18-16(9-10-16)11-17-15(3,4)5/h6-8,17H,9-11H2,1-5H3. The third-order valence-electron chi connectivity index (χ3n) is 3.48. The van der Waals surface area contributed by atoms with E-state index in [1.54, 1.807) is 0 Å². The number of ether oxygens (including phenoxy) is 1. The number of benzene rings is 1. The third kappa shape index (κ3) is 3.26. The van der Waals surface area contributed by atoms with Gasteiger partial charge in [-0.3, -0.25) is 0 Å². The van der Waals surface area contributed by atoms with Crippen molar-refractivity contribution >= 4 is 0 Å². The van der Waals surface area contributed by atoms with Crippen LogP contribution >= 0.6 is 0 Å². The molecule has 1 aromatic rings. The lowest BCUT2D eigenvalue weighted by atomic mass is 10.1. The molecule has 0 amide bonds. The predicted molar refractivity (Wildman–Crippen MR) is 76.3 cm³/mol. The van der Waals surface area contributed by atoms with Gasteiger partial charge in [-0.2, -0.15) is 0 Å². The fourth-order valence-corrected chi connectivity index (χ4v) is 2.06. The monoisotopic (exact) mass is 247 g/mol. The van der Waals surface area contributed by atoms with Crippen LogP contribution in [0.25, 0.3) is 0 Å². The van der Waals surface area contributed by atoms with Crippen LogP contribution in [0.2, 0.25) is 0 Å². The van der Waals surface area contributed by atoms with Gasteiger partial charge in [-0.1, -0.05) is 18.2 Å². The summed E-state index contributed by atoms with van der Waals surface area (Å²) in [5, 5.41) is 3.56. The molecule has 2 rings (SSSR count). The second-order valence-electron chi connectivity index (χ2n) is 6.61. The zero-order valence-electron chi connectivity index (χ0n) is 12.3. The Morgan fingerprint density at radius 3 is 2.17 bits per heavy atom. The minimum absolute atomic E-state index is 0.0319. The summed E-state index contributed by atoms with van der Waals surface area (Å²) in [5.74, 6) is 1.07. The van der Waals surface area contributed by atoms with E-state index in [2.05, 4.69) is 58.1 Å². The van der Waals surface area contributed by atoms with E-state index in [4.69, 9.17) is 4.74 Å². The number of para-hydroxylation sites is 1. The Hall–Kier alpha value is -1.02. The maximum Gasteiger partial charge on any atom is 0.126 e. The van der Waals surface area contributed by atoms with E-state index < -0.39 is 0 Å². The van der Waals surface area contributed by atoms with Crippen LogP contribution < -0.4 is 10.1 Å². The summed E-state index contributed by atoms with van der Waals surface area (Å²) in [6.07, 6.45) is 2.31. The Kier molecular flexibility index (Phi) is 3.41. The predicted octanol–water partition coefficient (Wildman–Crippen LogP) is 3.60. The van der Waals surface area contributed by atoms with Gasteiger partial charge in [0, 0.05) is 12.1 Å². The van der Waals surface area contributed by atoms with Gasteiger partial charge in [0.05, 0.1) is 0 Å². The van der Waals surface area contributed by atoms with E-state index in [1.165, 1.54) is 11.1 Å². The van der Waals surface area contributed by atoms with Crippen LogP contribution in [-0.2, 0) is 0 Å². The van der Waals surface area contributed by atoms with Gasteiger partial charge in [0.1, 0.15) is 11.4 Å². The van der Waals surface area contributed by atoms with E-state index in [0.29, 0.717) is 0 Å². The molecule has 1 aliphatic carbocycles. The van der Waals surface area contributed by atoms with Gasteiger partial charge >= 0.3 is 0 Å². The molecule has 2 nitrogen and oxygen atoms in total. The van der Waals surface area contributed by atoms with Gasteiger partial charge in [-0.15, -0.1) is 0 Å².